The number of benzene rings is 1. The summed E-state index contributed by atoms with van der Waals surface area (Å²) in [6, 6.07) is 8.88. The predicted molar refractivity (Wildman–Crippen MR) is 100 cm³/mol. The number of aromatic carboxylic acids is 1. The lowest BCUT2D eigenvalue weighted by Crippen LogP contribution is -2.00. The number of imidazole rings is 1. The Balaban J connectivity index is 1.85. The summed E-state index contributed by atoms with van der Waals surface area (Å²) in [6.45, 7) is 4.01. The molecule has 4 aromatic rings. The van der Waals surface area contributed by atoms with Gasteiger partial charge in [0.2, 0.25) is 0 Å². The summed E-state index contributed by atoms with van der Waals surface area (Å²) in [4.78, 5) is 21.6. The number of hydrogen-bond donors (Lipinski definition) is 1. The van der Waals surface area contributed by atoms with Gasteiger partial charge in [0.25, 0.3) is 0 Å². The predicted octanol–water partition coefficient (Wildman–Crippen LogP) is 4.43. The molecule has 1 N–H and O–H groups in total. The molecule has 0 saturated heterocycles. The summed E-state index contributed by atoms with van der Waals surface area (Å²) in [5.41, 5.74) is 4.58. The number of carboxylic acid groups (broad SMARTS) is 1. The van der Waals surface area contributed by atoms with E-state index in [-0.39, 0.29) is 5.56 Å². The highest BCUT2D eigenvalue weighted by molar-refractivity contribution is 7.15. The molecule has 0 saturated carbocycles. The highest BCUT2D eigenvalue weighted by atomic mass is 32.1. The number of thiazole rings is 1. The van der Waals surface area contributed by atoms with E-state index in [1.807, 2.05) is 44.2 Å². The lowest BCUT2D eigenvalue weighted by atomic mass is 10.1. The number of nitrogens with zero attached hydrogens (tertiary/aromatic N) is 3. The molecule has 25 heavy (non-hydrogen) atoms. The van der Waals surface area contributed by atoms with Crippen LogP contribution in [0.5, 0.6) is 0 Å². The second kappa shape index (κ2) is 5.82. The molecule has 0 amide bonds. The molecule has 0 aliphatic carbocycles. The molecule has 0 aliphatic rings. The van der Waals surface area contributed by atoms with Gasteiger partial charge in [-0.3, -0.25) is 4.40 Å². The lowest BCUT2D eigenvalue weighted by Gasteiger charge is -2.04. The average molecular weight is 349 g/mol. The molecule has 0 spiro atoms. The summed E-state index contributed by atoms with van der Waals surface area (Å²) in [5, 5.41) is 12.2. The number of rotatable bonds is 3. The fourth-order valence-electron chi connectivity index (χ4n) is 2.94. The van der Waals surface area contributed by atoms with Gasteiger partial charge in [-0.1, -0.05) is 18.2 Å². The van der Waals surface area contributed by atoms with Gasteiger partial charge in [-0.15, -0.1) is 11.3 Å². The van der Waals surface area contributed by atoms with Gasteiger partial charge in [0.1, 0.15) is 0 Å². The topological polar surface area (TPSA) is 67.5 Å². The summed E-state index contributed by atoms with van der Waals surface area (Å²) in [7, 11) is 0. The van der Waals surface area contributed by atoms with E-state index in [0.29, 0.717) is 16.6 Å². The van der Waals surface area contributed by atoms with E-state index in [1.165, 1.54) is 0 Å². The highest BCUT2D eigenvalue weighted by Crippen LogP contribution is 2.23. The first-order valence-electron chi connectivity index (χ1n) is 7.79. The van der Waals surface area contributed by atoms with E-state index in [2.05, 4.69) is 19.7 Å². The van der Waals surface area contributed by atoms with Gasteiger partial charge >= 0.3 is 5.97 Å². The first-order chi connectivity index (χ1) is 12.0. The monoisotopic (exact) mass is 349 g/mol. The third kappa shape index (κ3) is 2.60. The van der Waals surface area contributed by atoms with E-state index >= 15 is 0 Å². The van der Waals surface area contributed by atoms with Gasteiger partial charge < -0.3 is 5.11 Å². The molecule has 124 valence electrons. The number of fused-ring (bicyclic) bond motifs is 2. The van der Waals surface area contributed by atoms with Crippen molar-refractivity contribution in [3.05, 3.63) is 64.1 Å². The Morgan fingerprint density at radius 3 is 2.80 bits per heavy atom. The number of aryl methyl sites for hydroxylation is 2. The molecule has 6 heteroatoms. The average Bonchev–Trinajstić information content (AvgIpc) is 3.10. The fourth-order valence-corrected chi connectivity index (χ4v) is 3.86. The zero-order valence-electron chi connectivity index (χ0n) is 13.7. The molecule has 5 nitrogen and oxygen atoms in total. The van der Waals surface area contributed by atoms with Crippen LogP contribution < -0.4 is 0 Å². The summed E-state index contributed by atoms with van der Waals surface area (Å²) < 4.78 is 2.09. The van der Waals surface area contributed by atoms with Crippen LogP contribution in [0.3, 0.4) is 0 Å². The van der Waals surface area contributed by atoms with Gasteiger partial charge in [0.05, 0.1) is 28.2 Å². The number of para-hydroxylation sites is 1. The van der Waals surface area contributed by atoms with Gasteiger partial charge in [0, 0.05) is 16.5 Å². The minimum atomic E-state index is -0.954. The molecule has 0 atom stereocenters. The Hall–Kier alpha value is -2.99. The number of pyridine rings is 1. The normalized spacial score (nSPS) is 11.8. The van der Waals surface area contributed by atoms with Crippen molar-refractivity contribution < 1.29 is 9.90 Å². The van der Waals surface area contributed by atoms with Crippen LogP contribution in [0, 0.1) is 13.8 Å². The van der Waals surface area contributed by atoms with E-state index in [0.717, 1.165) is 22.0 Å². The number of carbonyl (C=O) groups is 1. The van der Waals surface area contributed by atoms with E-state index in [9.17, 15) is 9.90 Å². The largest absolute Gasteiger partial charge is 0.478 e. The summed E-state index contributed by atoms with van der Waals surface area (Å²) >= 11 is 1.60. The summed E-state index contributed by atoms with van der Waals surface area (Å²) in [5.74, 6) is -0.954. The van der Waals surface area contributed by atoms with Crippen molar-refractivity contribution in [3.8, 4) is 0 Å². The molecule has 0 bridgehead atoms. The zero-order valence-corrected chi connectivity index (χ0v) is 14.5. The first-order valence-corrected chi connectivity index (χ1v) is 8.67. The first kappa shape index (κ1) is 15.5. The van der Waals surface area contributed by atoms with E-state index in [1.54, 1.807) is 23.5 Å². The van der Waals surface area contributed by atoms with Crippen molar-refractivity contribution in [2.24, 2.45) is 0 Å². The minimum absolute atomic E-state index is 0.257. The van der Waals surface area contributed by atoms with Crippen LogP contribution >= 0.6 is 11.3 Å². The molecular weight excluding hydrogens is 334 g/mol. The highest BCUT2D eigenvalue weighted by Gasteiger charge is 2.12. The van der Waals surface area contributed by atoms with Crippen LogP contribution in [-0.4, -0.2) is 25.4 Å². The Morgan fingerprint density at radius 2 is 2.00 bits per heavy atom. The molecule has 0 unspecified atom stereocenters. The van der Waals surface area contributed by atoms with Gasteiger partial charge in [-0.2, -0.15) is 0 Å². The zero-order chi connectivity index (χ0) is 17.6. The maximum atomic E-state index is 11.6. The maximum absolute atomic E-state index is 11.6. The third-order valence-electron chi connectivity index (χ3n) is 4.13. The van der Waals surface area contributed by atoms with Crippen molar-refractivity contribution in [1.82, 2.24) is 14.4 Å². The van der Waals surface area contributed by atoms with E-state index < -0.39 is 5.97 Å². The molecule has 1 aromatic carbocycles. The van der Waals surface area contributed by atoms with Gasteiger partial charge in [-0.05, 0) is 38.1 Å². The molecule has 0 aliphatic heterocycles. The number of carboxylic acids is 1. The van der Waals surface area contributed by atoms with Crippen molar-refractivity contribution in [3.63, 3.8) is 0 Å². The Labute approximate surface area is 147 Å². The molecule has 4 rings (SSSR count). The molecule has 3 aromatic heterocycles. The minimum Gasteiger partial charge on any atom is -0.478 e. The van der Waals surface area contributed by atoms with Crippen molar-refractivity contribution >= 4 is 45.3 Å². The van der Waals surface area contributed by atoms with Crippen LogP contribution in [0.2, 0.25) is 0 Å². The molecule has 0 radical (unpaired) electrons. The van der Waals surface area contributed by atoms with Crippen LogP contribution in [0.4, 0.5) is 0 Å². The Kier molecular flexibility index (Phi) is 3.62. The quantitative estimate of drug-likeness (QED) is 0.594. The van der Waals surface area contributed by atoms with Crippen molar-refractivity contribution in [2.45, 2.75) is 13.8 Å². The second-order valence-electron chi connectivity index (χ2n) is 5.83. The molecular formula is C19H15N3O2S. The Morgan fingerprint density at radius 1 is 1.20 bits per heavy atom. The smallest absolute Gasteiger partial charge is 0.336 e. The fraction of sp³-hybridized carbons (Fsp3) is 0.105. The lowest BCUT2D eigenvalue weighted by molar-refractivity contribution is 0.0699. The van der Waals surface area contributed by atoms with Crippen LogP contribution in [0.25, 0.3) is 28.0 Å². The maximum Gasteiger partial charge on any atom is 0.336 e. The van der Waals surface area contributed by atoms with Crippen molar-refractivity contribution in [2.75, 3.05) is 0 Å². The molecule has 3 heterocycles. The van der Waals surface area contributed by atoms with Crippen molar-refractivity contribution in [1.29, 1.82) is 0 Å². The van der Waals surface area contributed by atoms with Crippen LogP contribution in [0.15, 0.2) is 35.7 Å². The number of aromatic nitrogens is 3. The van der Waals surface area contributed by atoms with E-state index in [4.69, 9.17) is 0 Å². The summed E-state index contributed by atoms with van der Waals surface area (Å²) in [6.07, 6.45) is 3.78. The SMILES string of the molecule is Cc1nc2scc(C)n2c1C=Cc1cc(C(=O)O)c2ccccc2n1. The Bertz CT molecular complexity index is 1150. The van der Waals surface area contributed by atoms with Crippen LogP contribution in [-0.2, 0) is 0 Å². The second-order valence-corrected chi connectivity index (χ2v) is 6.66. The van der Waals surface area contributed by atoms with Gasteiger partial charge in [0.15, 0.2) is 4.96 Å². The van der Waals surface area contributed by atoms with Crippen LogP contribution in [0.1, 0.15) is 33.1 Å². The standard InChI is InChI=1S/C19H15N3O2S/c1-11-10-25-19-20-12(2)17(22(11)19)8-7-13-9-15(18(23)24)14-5-3-4-6-16(14)21-13/h3-10H,1-2H3,(H,23,24). The molecule has 0 fully saturated rings. The third-order valence-corrected chi connectivity index (χ3v) is 5.08. The number of hydrogen-bond acceptors (Lipinski definition) is 4. The van der Waals surface area contributed by atoms with Gasteiger partial charge in [-0.25, -0.2) is 14.8 Å².